The van der Waals surface area contributed by atoms with Gasteiger partial charge in [-0.3, -0.25) is 9.59 Å². The van der Waals surface area contributed by atoms with Gasteiger partial charge in [0, 0.05) is 0 Å². The Balaban J connectivity index is 2.01. The molecule has 0 fully saturated rings. The van der Waals surface area contributed by atoms with E-state index < -0.39 is 24.2 Å². The van der Waals surface area contributed by atoms with Crippen LogP contribution in [-0.4, -0.2) is 24.9 Å². The molecule has 2 aromatic carbocycles. The van der Waals surface area contributed by atoms with E-state index in [0.717, 1.165) is 0 Å². The highest BCUT2D eigenvalue weighted by Gasteiger charge is 2.14. The molecule has 0 unspecified atom stereocenters. The second-order valence-corrected chi connectivity index (χ2v) is 5.75. The standard InChI is InChI=1S/C17H14Cl2N2O4/c1-25-17(24)10-6-7-12(19)14(8-10)21-16(23)9-15(22)20-13-5-3-2-4-11(13)18/h2-8H,9H2,1H3,(H,20,22)(H,21,23). The van der Waals surface area contributed by atoms with E-state index in [2.05, 4.69) is 15.4 Å². The Labute approximate surface area is 154 Å². The molecule has 25 heavy (non-hydrogen) atoms. The van der Waals surface area contributed by atoms with Crippen molar-refractivity contribution in [3.63, 3.8) is 0 Å². The first-order valence-electron chi connectivity index (χ1n) is 7.13. The Morgan fingerprint density at radius 1 is 0.920 bits per heavy atom. The Hall–Kier alpha value is -2.57. The number of methoxy groups -OCH3 is 1. The summed E-state index contributed by atoms with van der Waals surface area (Å²) in [6.07, 6.45) is -0.440. The van der Waals surface area contributed by atoms with E-state index in [1.165, 1.54) is 25.3 Å². The molecule has 0 spiro atoms. The molecule has 0 radical (unpaired) electrons. The highest BCUT2D eigenvalue weighted by Crippen LogP contribution is 2.24. The van der Waals surface area contributed by atoms with E-state index in [9.17, 15) is 14.4 Å². The van der Waals surface area contributed by atoms with Gasteiger partial charge in [0.1, 0.15) is 6.42 Å². The average Bonchev–Trinajstić information content (AvgIpc) is 2.58. The normalized spacial score (nSPS) is 10.0. The van der Waals surface area contributed by atoms with Gasteiger partial charge in [-0.15, -0.1) is 0 Å². The van der Waals surface area contributed by atoms with Crippen molar-refractivity contribution in [2.24, 2.45) is 0 Å². The minimum absolute atomic E-state index is 0.208. The predicted octanol–water partition coefficient (Wildman–Crippen LogP) is 3.75. The average molecular weight is 381 g/mol. The van der Waals surface area contributed by atoms with Gasteiger partial charge in [0.15, 0.2) is 0 Å². The summed E-state index contributed by atoms with van der Waals surface area (Å²) in [6.45, 7) is 0. The molecule has 0 aromatic heterocycles. The Morgan fingerprint density at radius 3 is 2.16 bits per heavy atom. The molecule has 0 saturated heterocycles. The largest absolute Gasteiger partial charge is 0.465 e. The zero-order valence-electron chi connectivity index (χ0n) is 13.1. The molecule has 0 aliphatic carbocycles. The maximum Gasteiger partial charge on any atom is 0.337 e. The van der Waals surface area contributed by atoms with Crippen LogP contribution in [-0.2, 0) is 14.3 Å². The topological polar surface area (TPSA) is 84.5 Å². The molecule has 2 aromatic rings. The molecule has 2 amide bonds. The fraction of sp³-hybridized carbons (Fsp3) is 0.118. The lowest BCUT2D eigenvalue weighted by molar-refractivity contribution is -0.123. The summed E-state index contributed by atoms with van der Waals surface area (Å²) in [5.41, 5.74) is 0.843. The highest BCUT2D eigenvalue weighted by molar-refractivity contribution is 6.34. The SMILES string of the molecule is COC(=O)c1ccc(Cl)c(NC(=O)CC(=O)Nc2ccccc2Cl)c1. The van der Waals surface area contributed by atoms with Crippen molar-refractivity contribution in [2.75, 3.05) is 17.7 Å². The molecule has 0 aliphatic heterocycles. The molecule has 2 N–H and O–H groups in total. The Bertz CT molecular complexity index is 824. The monoisotopic (exact) mass is 380 g/mol. The first-order valence-corrected chi connectivity index (χ1v) is 7.88. The van der Waals surface area contributed by atoms with E-state index >= 15 is 0 Å². The van der Waals surface area contributed by atoms with Gasteiger partial charge in [-0.2, -0.15) is 0 Å². The number of nitrogens with one attached hydrogen (secondary N) is 2. The molecule has 6 nitrogen and oxygen atoms in total. The molecule has 130 valence electrons. The summed E-state index contributed by atoms with van der Waals surface area (Å²) in [5.74, 6) is -1.69. The molecular weight excluding hydrogens is 367 g/mol. The lowest BCUT2D eigenvalue weighted by Crippen LogP contribution is -2.21. The van der Waals surface area contributed by atoms with Crippen molar-refractivity contribution in [3.05, 3.63) is 58.1 Å². The van der Waals surface area contributed by atoms with Crippen LogP contribution in [0.2, 0.25) is 10.0 Å². The van der Waals surface area contributed by atoms with Crippen molar-refractivity contribution in [2.45, 2.75) is 6.42 Å². The summed E-state index contributed by atoms with van der Waals surface area (Å²) in [7, 11) is 1.24. The molecule has 0 atom stereocenters. The van der Waals surface area contributed by atoms with Crippen molar-refractivity contribution >= 4 is 52.4 Å². The lowest BCUT2D eigenvalue weighted by Gasteiger charge is -2.10. The Kier molecular flexibility index (Phi) is 6.38. The van der Waals surface area contributed by atoms with E-state index in [4.69, 9.17) is 23.2 Å². The highest BCUT2D eigenvalue weighted by atomic mass is 35.5. The van der Waals surface area contributed by atoms with Gasteiger partial charge in [0.2, 0.25) is 11.8 Å². The number of anilines is 2. The fourth-order valence-corrected chi connectivity index (χ4v) is 2.31. The first kappa shape index (κ1) is 18.8. The van der Waals surface area contributed by atoms with Crippen LogP contribution in [0, 0.1) is 0 Å². The number of carbonyl (C=O) groups excluding carboxylic acids is 3. The minimum Gasteiger partial charge on any atom is -0.465 e. The number of esters is 1. The van der Waals surface area contributed by atoms with Crippen molar-refractivity contribution < 1.29 is 19.1 Å². The maximum atomic E-state index is 12.0. The van der Waals surface area contributed by atoms with E-state index in [1.54, 1.807) is 24.3 Å². The predicted molar refractivity (Wildman–Crippen MR) is 96.1 cm³/mol. The van der Waals surface area contributed by atoms with Crippen LogP contribution in [0.25, 0.3) is 0 Å². The second-order valence-electron chi connectivity index (χ2n) is 4.94. The third kappa shape index (κ3) is 5.20. The lowest BCUT2D eigenvalue weighted by atomic mass is 10.2. The third-order valence-corrected chi connectivity index (χ3v) is 3.79. The fourth-order valence-electron chi connectivity index (χ4n) is 1.96. The van der Waals surface area contributed by atoms with Gasteiger partial charge in [-0.25, -0.2) is 4.79 Å². The number of carbonyl (C=O) groups is 3. The number of benzene rings is 2. The zero-order valence-corrected chi connectivity index (χ0v) is 14.6. The van der Waals surface area contributed by atoms with Gasteiger partial charge in [-0.1, -0.05) is 35.3 Å². The molecular formula is C17H14Cl2N2O4. The van der Waals surface area contributed by atoms with Gasteiger partial charge in [-0.05, 0) is 30.3 Å². The first-order chi connectivity index (χ1) is 11.9. The molecule has 0 bridgehead atoms. The Morgan fingerprint density at radius 2 is 1.52 bits per heavy atom. The smallest absolute Gasteiger partial charge is 0.337 e. The molecule has 8 heteroatoms. The summed E-state index contributed by atoms with van der Waals surface area (Å²) in [5, 5.41) is 5.62. The van der Waals surface area contributed by atoms with Crippen LogP contribution < -0.4 is 10.6 Å². The maximum absolute atomic E-state index is 12.0. The van der Waals surface area contributed by atoms with E-state index in [1.807, 2.05) is 0 Å². The van der Waals surface area contributed by atoms with Crippen LogP contribution in [0.5, 0.6) is 0 Å². The van der Waals surface area contributed by atoms with Crippen LogP contribution in [0.1, 0.15) is 16.8 Å². The van der Waals surface area contributed by atoms with Gasteiger partial charge in [0.05, 0.1) is 34.1 Å². The van der Waals surface area contributed by atoms with Crippen LogP contribution in [0.4, 0.5) is 11.4 Å². The molecule has 0 heterocycles. The van der Waals surface area contributed by atoms with Crippen molar-refractivity contribution in [1.29, 1.82) is 0 Å². The summed E-state index contributed by atoms with van der Waals surface area (Å²) >= 11 is 11.9. The van der Waals surface area contributed by atoms with Crippen LogP contribution in [0.15, 0.2) is 42.5 Å². The number of halogens is 2. The third-order valence-electron chi connectivity index (χ3n) is 3.13. The van der Waals surface area contributed by atoms with Crippen LogP contribution >= 0.6 is 23.2 Å². The van der Waals surface area contributed by atoms with Crippen molar-refractivity contribution in [3.8, 4) is 0 Å². The number of amides is 2. The number of para-hydroxylation sites is 1. The summed E-state index contributed by atoms with van der Waals surface area (Å²) < 4.78 is 4.61. The van der Waals surface area contributed by atoms with Gasteiger partial charge >= 0.3 is 5.97 Å². The van der Waals surface area contributed by atoms with Crippen molar-refractivity contribution in [1.82, 2.24) is 0 Å². The van der Waals surface area contributed by atoms with E-state index in [0.29, 0.717) is 10.7 Å². The van der Waals surface area contributed by atoms with Crippen LogP contribution in [0.3, 0.4) is 0 Å². The van der Waals surface area contributed by atoms with Gasteiger partial charge in [0.25, 0.3) is 0 Å². The number of hydrogen-bond donors (Lipinski definition) is 2. The molecule has 0 aliphatic rings. The quantitative estimate of drug-likeness (QED) is 0.610. The van der Waals surface area contributed by atoms with E-state index in [-0.39, 0.29) is 16.3 Å². The number of rotatable bonds is 5. The number of ether oxygens (including phenoxy) is 1. The van der Waals surface area contributed by atoms with Gasteiger partial charge < -0.3 is 15.4 Å². The molecule has 2 rings (SSSR count). The zero-order chi connectivity index (χ0) is 18.4. The summed E-state index contributed by atoms with van der Waals surface area (Å²) in [6, 6.07) is 11.0. The molecule has 0 saturated carbocycles. The summed E-state index contributed by atoms with van der Waals surface area (Å²) in [4.78, 5) is 35.5. The second kappa shape index (κ2) is 8.50. The number of hydrogen-bond acceptors (Lipinski definition) is 4. The minimum atomic E-state index is -0.589.